The highest BCUT2D eigenvalue weighted by molar-refractivity contribution is 8.00. The zero-order valence-electron chi connectivity index (χ0n) is 12.9. The van der Waals surface area contributed by atoms with Gasteiger partial charge in [-0.1, -0.05) is 0 Å². The fraction of sp³-hybridized carbons (Fsp3) is 0.667. The van der Waals surface area contributed by atoms with Crippen LogP contribution in [0.3, 0.4) is 0 Å². The smallest absolute Gasteiger partial charge is 0.191 e. The molecule has 1 aromatic rings. The molecular weight excluding hydrogens is 270 g/mol. The predicted octanol–water partition coefficient (Wildman–Crippen LogP) is 2.85. The van der Waals surface area contributed by atoms with Crippen molar-refractivity contribution in [1.29, 1.82) is 0 Å². The normalized spacial score (nSPS) is 23.1. The van der Waals surface area contributed by atoms with Crippen LogP contribution in [0.5, 0.6) is 0 Å². The monoisotopic (exact) mass is 295 g/mol. The van der Waals surface area contributed by atoms with Crippen molar-refractivity contribution < 1.29 is 4.42 Å². The zero-order chi connectivity index (χ0) is 14.6. The van der Waals surface area contributed by atoms with Gasteiger partial charge in [-0.25, -0.2) is 0 Å². The van der Waals surface area contributed by atoms with Crippen molar-refractivity contribution in [3.05, 3.63) is 23.2 Å². The van der Waals surface area contributed by atoms with Gasteiger partial charge in [0.1, 0.15) is 11.5 Å². The van der Waals surface area contributed by atoms with Gasteiger partial charge in [0.25, 0.3) is 0 Å². The minimum atomic E-state index is 0.347. The van der Waals surface area contributed by atoms with Crippen molar-refractivity contribution in [2.24, 2.45) is 4.99 Å². The van der Waals surface area contributed by atoms with Gasteiger partial charge in [-0.3, -0.25) is 4.99 Å². The third-order valence-electron chi connectivity index (χ3n) is 3.74. The second-order valence-electron chi connectivity index (χ2n) is 5.62. The van der Waals surface area contributed by atoms with Gasteiger partial charge in [0.05, 0.1) is 0 Å². The molecule has 0 aromatic carbocycles. The quantitative estimate of drug-likeness (QED) is 0.662. The summed E-state index contributed by atoms with van der Waals surface area (Å²) in [6.07, 6.45) is 2.60. The van der Waals surface area contributed by atoms with E-state index >= 15 is 0 Å². The Morgan fingerprint density at radius 1 is 1.45 bits per heavy atom. The van der Waals surface area contributed by atoms with Gasteiger partial charge < -0.3 is 15.1 Å². The SMILES string of the molecule is CN=C(NCc1cc(C)oc1C)NCC1(C)CCCS1. The Labute approximate surface area is 125 Å². The Hall–Kier alpha value is -1.10. The van der Waals surface area contributed by atoms with Crippen molar-refractivity contribution >= 4 is 17.7 Å². The zero-order valence-corrected chi connectivity index (χ0v) is 13.7. The molecule has 0 saturated carbocycles. The van der Waals surface area contributed by atoms with Gasteiger partial charge in [-0.05, 0) is 45.4 Å². The predicted molar refractivity (Wildman–Crippen MR) is 86.5 cm³/mol. The van der Waals surface area contributed by atoms with Crippen LogP contribution in [0, 0.1) is 13.8 Å². The van der Waals surface area contributed by atoms with Crippen LogP contribution in [0.4, 0.5) is 0 Å². The molecule has 1 unspecified atom stereocenters. The average molecular weight is 295 g/mol. The number of guanidine groups is 1. The fourth-order valence-electron chi connectivity index (χ4n) is 2.51. The molecule has 1 aliphatic heterocycles. The number of nitrogens with zero attached hydrogens (tertiary/aromatic N) is 1. The first-order valence-corrected chi connectivity index (χ1v) is 8.15. The van der Waals surface area contributed by atoms with Crippen LogP contribution in [0.1, 0.15) is 36.8 Å². The van der Waals surface area contributed by atoms with E-state index in [2.05, 4.69) is 40.4 Å². The average Bonchev–Trinajstić information content (AvgIpc) is 2.97. The maximum atomic E-state index is 5.53. The minimum Gasteiger partial charge on any atom is -0.466 e. The standard InChI is InChI=1S/C15H25N3OS/c1-11-8-13(12(2)19-11)9-17-14(16-4)18-10-15(3)6-5-7-20-15/h8H,5-7,9-10H2,1-4H3,(H2,16,17,18). The van der Waals surface area contributed by atoms with E-state index in [-0.39, 0.29) is 0 Å². The second-order valence-corrected chi connectivity index (χ2v) is 7.30. The Morgan fingerprint density at radius 2 is 2.25 bits per heavy atom. The maximum absolute atomic E-state index is 5.53. The van der Waals surface area contributed by atoms with E-state index in [0.717, 1.165) is 30.6 Å². The lowest BCUT2D eigenvalue weighted by Gasteiger charge is -2.24. The molecule has 5 heteroatoms. The highest BCUT2D eigenvalue weighted by Gasteiger charge is 2.29. The Balaban J connectivity index is 1.82. The van der Waals surface area contributed by atoms with Crippen LogP contribution < -0.4 is 10.6 Å². The Morgan fingerprint density at radius 3 is 2.80 bits per heavy atom. The van der Waals surface area contributed by atoms with E-state index in [1.807, 2.05) is 20.9 Å². The van der Waals surface area contributed by atoms with Crippen molar-refractivity contribution in [1.82, 2.24) is 10.6 Å². The molecule has 20 heavy (non-hydrogen) atoms. The van der Waals surface area contributed by atoms with Crippen molar-refractivity contribution in [2.45, 2.75) is 44.9 Å². The molecule has 1 fully saturated rings. The Bertz CT molecular complexity index is 475. The fourth-order valence-corrected chi connectivity index (χ4v) is 3.75. The summed E-state index contributed by atoms with van der Waals surface area (Å²) in [5, 5.41) is 6.79. The molecule has 1 aliphatic rings. The summed E-state index contributed by atoms with van der Waals surface area (Å²) in [5.41, 5.74) is 1.19. The van der Waals surface area contributed by atoms with Crippen LogP contribution >= 0.6 is 11.8 Å². The molecular formula is C15H25N3OS. The van der Waals surface area contributed by atoms with Gasteiger partial charge in [0.15, 0.2) is 5.96 Å². The van der Waals surface area contributed by atoms with E-state index in [1.54, 1.807) is 0 Å². The molecule has 2 heterocycles. The van der Waals surface area contributed by atoms with Crippen LogP contribution in [0.2, 0.25) is 0 Å². The summed E-state index contributed by atoms with van der Waals surface area (Å²) in [6.45, 7) is 8.00. The molecule has 2 N–H and O–H groups in total. The molecule has 1 saturated heterocycles. The van der Waals surface area contributed by atoms with E-state index in [0.29, 0.717) is 4.75 Å². The van der Waals surface area contributed by atoms with Crippen LogP contribution in [-0.2, 0) is 6.54 Å². The first-order valence-electron chi connectivity index (χ1n) is 7.17. The number of thioether (sulfide) groups is 1. The van der Waals surface area contributed by atoms with Gasteiger partial charge in [-0.15, -0.1) is 0 Å². The van der Waals surface area contributed by atoms with Crippen molar-refractivity contribution in [3.63, 3.8) is 0 Å². The molecule has 0 amide bonds. The largest absolute Gasteiger partial charge is 0.466 e. The topological polar surface area (TPSA) is 49.6 Å². The number of aryl methyl sites for hydroxylation is 2. The number of hydrogen-bond donors (Lipinski definition) is 2. The van der Waals surface area contributed by atoms with Gasteiger partial charge in [-0.2, -0.15) is 11.8 Å². The van der Waals surface area contributed by atoms with E-state index in [4.69, 9.17) is 4.42 Å². The summed E-state index contributed by atoms with van der Waals surface area (Å²) < 4.78 is 5.88. The van der Waals surface area contributed by atoms with Crippen LogP contribution in [-0.4, -0.2) is 30.1 Å². The van der Waals surface area contributed by atoms with Crippen molar-refractivity contribution in [2.75, 3.05) is 19.3 Å². The summed E-state index contributed by atoms with van der Waals surface area (Å²) >= 11 is 2.06. The molecule has 1 aromatic heterocycles. The molecule has 2 rings (SSSR count). The lowest BCUT2D eigenvalue weighted by atomic mass is 10.1. The minimum absolute atomic E-state index is 0.347. The lowest BCUT2D eigenvalue weighted by molar-refractivity contribution is 0.500. The summed E-state index contributed by atoms with van der Waals surface area (Å²) in [5.74, 6) is 4.07. The molecule has 112 valence electrons. The molecule has 0 spiro atoms. The van der Waals surface area contributed by atoms with Crippen molar-refractivity contribution in [3.8, 4) is 0 Å². The molecule has 1 atom stereocenters. The second kappa shape index (κ2) is 6.57. The number of rotatable bonds is 4. The number of furan rings is 1. The van der Waals surface area contributed by atoms with E-state index < -0.39 is 0 Å². The molecule has 0 radical (unpaired) electrons. The van der Waals surface area contributed by atoms with E-state index in [1.165, 1.54) is 24.2 Å². The number of hydrogen-bond acceptors (Lipinski definition) is 3. The lowest BCUT2D eigenvalue weighted by Crippen LogP contribution is -2.43. The molecule has 4 nitrogen and oxygen atoms in total. The van der Waals surface area contributed by atoms with Crippen LogP contribution in [0.25, 0.3) is 0 Å². The summed E-state index contributed by atoms with van der Waals surface area (Å²) in [4.78, 5) is 4.29. The first-order chi connectivity index (χ1) is 9.52. The summed E-state index contributed by atoms with van der Waals surface area (Å²) in [7, 11) is 1.81. The summed E-state index contributed by atoms with van der Waals surface area (Å²) in [6, 6.07) is 2.07. The van der Waals surface area contributed by atoms with Gasteiger partial charge in [0.2, 0.25) is 0 Å². The van der Waals surface area contributed by atoms with Gasteiger partial charge in [0, 0.05) is 30.4 Å². The number of aliphatic imine (C=N–C) groups is 1. The van der Waals surface area contributed by atoms with Crippen LogP contribution in [0.15, 0.2) is 15.5 Å². The molecule has 0 aliphatic carbocycles. The maximum Gasteiger partial charge on any atom is 0.191 e. The molecule has 0 bridgehead atoms. The highest BCUT2D eigenvalue weighted by Crippen LogP contribution is 2.36. The number of nitrogens with one attached hydrogen (secondary N) is 2. The van der Waals surface area contributed by atoms with Gasteiger partial charge >= 0.3 is 0 Å². The third-order valence-corrected chi connectivity index (χ3v) is 5.28. The Kier molecular flexibility index (Phi) is 5.02. The third kappa shape index (κ3) is 3.95. The van der Waals surface area contributed by atoms with E-state index in [9.17, 15) is 0 Å². The highest BCUT2D eigenvalue weighted by atomic mass is 32.2. The first kappa shape index (κ1) is 15.3.